The van der Waals surface area contributed by atoms with Crippen LogP contribution in [0.1, 0.15) is 53.9 Å². The first-order valence-corrected chi connectivity index (χ1v) is 6.84. The van der Waals surface area contributed by atoms with Crippen LogP contribution >= 0.6 is 0 Å². The zero-order chi connectivity index (χ0) is 15.2. The molecule has 0 bridgehead atoms. The average molecular weight is 272 g/mol. The smallest absolute Gasteiger partial charge is 0.306 e. The lowest BCUT2D eigenvalue weighted by Crippen LogP contribution is -2.50. The number of carbonyl (C=O) groups is 2. The summed E-state index contributed by atoms with van der Waals surface area (Å²) in [4.78, 5) is 22.5. The first-order chi connectivity index (χ1) is 8.55. The predicted octanol–water partition coefficient (Wildman–Crippen LogP) is 1.76. The molecule has 0 fully saturated rings. The van der Waals surface area contributed by atoms with E-state index in [-0.39, 0.29) is 23.3 Å². The highest BCUT2D eigenvalue weighted by Crippen LogP contribution is 2.17. The number of nitrogens with two attached hydrogens (primary N) is 1. The van der Waals surface area contributed by atoms with Gasteiger partial charge in [0, 0.05) is 6.04 Å². The van der Waals surface area contributed by atoms with E-state index in [0.717, 1.165) is 12.8 Å². The lowest BCUT2D eigenvalue weighted by atomic mass is 9.87. The van der Waals surface area contributed by atoms with Crippen molar-refractivity contribution in [1.82, 2.24) is 5.32 Å². The molecule has 0 saturated heterocycles. The molecule has 0 aromatic carbocycles. The molecule has 0 aromatic heterocycles. The highest BCUT2D eigenvalue weighted by Gasteiger charge is 2.28. The van der Waals surface area contributed by atoms with Crippen LogP contribution in [0.3, 0.4) is 0 Å². The zero-order valence-electron chi connectivity index (χ0n) is 12.7. The normalized spacial score (nSPS) is 16.5. The van der Waals surface area contributed by atoms with E-state index in [1.807, 2.05) is 27.7 Å². The van der Waals surface area contributed by atoms with Crippen LogP contribution in [0.5, 0.6) is 0 Å². The minimum atomic E-state index is -0.772. The summed E-state index contributed by atoms with van der Waals surface area (Å²) in [5.41, 5.74) is 5.61. The summed E-state index contributed by atoms with van der Waals surface area (Å²) in [6.45, 7) is 9.39. The third-order valence-corrected chi connectivity index (χ3v) is 3.30. The van der Waals surface area contributed by atoms with Crippen LogP contribution in [-0.2, 0) is 9.59 Å². The third kappa shape index (κ3) is 7.15. The van der Waals surface area contributed by atoms with Crippen LogP contribution in [-0.4, -0.2) is 29.1 Å². The number of aliphatic carboxylic acids is 1. The van der Waals surface area contributed by atoms with E-state index in [1.165, 1.54) is 0 Å². The van der Waals surface area contributed by atoms with E-state index < -0.39 is 12.0 Å². The van der Waals surface area contributed by atoms with Crippen molar-refractivity contribution in [1.29, 1.82) is 0 Å². The molecule has 0 rings (SSSR count). The van der Waals surface area contributed by atoms with Crippen molar-refractivity contribution in [3.05, 3.63) is 0 Å². The standard InChI is InChI=1S/C14H28N2O3/c1-9(13(18)19)7-6-8-10(2)16-12(17)11(15)14(3,4)5/h9-11H,6-8,15H2,1-5H3,(H,16,17)(H,18,19). The van der Waals surface area contributed by atoms with Crippen molar-refractivity contribution in [2.75, 3.05) is 0 Å². The molecule has 4 N–H and O–H groups in total. The maximum Gasteiger partial charge on any atom is 0.306 e. The molecule has 0 heterocycles. The molecular formula is C14H28N2O3. The van der Waals surface area contributed by atoms with E-state index in [1.54, 1.807) is 6.92 Å². The Kier molecular flexibility index (Phi) is 7.05. The van der Waals surface area contributed by atoms with Gasteiger partial charge in [-0.25, -0.2) is 0 Å². The van der Waals surface area contributed by atoms with Gasteiger partial charge >= 0.3 is 5.97 Å². The van der Waals surface area contributed by atoms with Crippen molar-refractivity contribution in [3.8, 4) is 0 Å². The van der Waals surface area contributed by atoms with Crippen LogP contribution in [0.4, 0.5) is 0 Å². The summed E-state index contributed by atoms with van der Waals surface area (Å²) >= 11 is 0. The maximum atomic E-state index is 11.9. The maximum absolute atomic E-state index is 11.9. The first-order valence-electron chi connectivity index (χ1n) is 6.84. The molecule has 0 aliphatic heterocycles. The van der Waals surface area contributed by atoms with Gasteiger partial charge in [0.05, 0.1) is 12.0 Å². The van der Waals surface area contributed by atoms with Crippen molar-refractivity contribution < 1.29 is 14.7 Å². The van der Waals surface area contributed by atoms with Gasteiger partial charge < -0.3 is 16.2 Å². The number of hydrogen-bond donors (Lipinski definition) is 3. The Labute approximate surface area is 115 Å². The van der Waals surface area contributed by atoms with E-state index >= 15 is 0 Å². The van der Waals surface area contributed by atoms with Gasteiger partial charge in [-0.3, -0.25) is 9.59 Å². The molecule has 0 spiro atoms. The minimum Gasteiger partial charge on any atom is -0.481 e. The van der Waals surface area contributed by atoms with Crippen molar-refractivity contribution in [2.45, 2.75) is 66.0 Å². The van der Waals surface area contributed by atoms with Crippen LogP contribution in [0.15, 0.2) is 0 Å². The summed E-state index contributed by atoms with van der Waals surface area (Å²) in [6.07, 6.45) is 2.17. The van der Waals surface area contributed by atoms with Crippen molar-refractivity contribution in [3.63, 3.8) is 0 Å². The van der Waals surface area contributed by atoms with Crippen LogP contribution in [0.25, 0.3) is 0 Å². The molecule has 0 aliphatic rings. The monoisotopic (exact) mass is 272 g/mol. The summed E-state index contributed by atoms with van der Waals surface area (Å²) in [6, 6.07) is -0.519. The fourth-order valence-corrected chi connectivity index (χ4v) is 1.65. The second-order valence-corrected chi connectivity index (χ2v) is 6.42. The summed E-state index contributed by atoms with van der Waals surface area (Å²) in [7, 11) is 0. The minimum absolute atomic E-state index is 0.0156. The molecule has 19 heavy (non-hydrogen) atoms. The van der Waals surface area contributed by atoms with Crippen molar-refractivity contribution in [2.24, 2.45) is 17.1 Å². The number of carboxylic acid groups (broad SMARTS) is 1. The Morgan fingerprint density at radius 3 is 2.16 bits per heavy atom. The van der Waals surface area contributed by atoms with Gasteiger partial charge in [0.1, 0.15) is 0 Å². The molecule has 0 aromatic rings. The highest BCUT2D eigenvalue weighted by molar-refractivity contribution is 5.82. The molecule has 5 heteroatoms. The van der Waals surface area contributed by atoms with E-state index in [2.05, 4.69) is 5.32 Å². The first kappa shape index (κ1) is 17.9. The molecule has 0 saturated carbocycles. The third-order valence-electron chi connectivity index (χ3n) is 3.30. The van der Waals surface area contributed by atoms with E-state index in [4.69, 9.17) is 10.8 Å². The number of nitrogens with one attached hydrogen (secondary N) is 1. The van der Waals surface area contributed by atoms with Crippen LogP contribution < -0.4 is 11.1 Å². The van der Waals surface area contributed by atoms with Gasteiger partial charge in [-0.1, -0.05) is 34.1 Å². The van der Waals surface area contributed by atoms with Gasteiger partial charge in [0.2, 0.25) is 5.91 Å². The Morgan fingerprint density at radius 1 is 1.21 bits per heavy atom. The van der Waals surface area contributed by atoms with Gasteiger partial charge in [0.15, 0.2) is 0 Å². The molecule has 3 unspecified atom stereocenters. The van der Waals surface area contributed by atoms with Crippen molar-refractivity contribution >= 4 is 11.9 Å². The Balaban J connectivity index is 4.02. The average Bonchev–Trinajstić information content (AvgIpc) is 2.26. The van der Waals surface area contributed by atoms with Gasteiger partial charge in [-0.05, 0) is 25.2 Å². The number of rotatable bonds is 7. The zero-order valence-corrected chi connectivity index (χ0v) is 12.7. The van der Waals surface area contributed by atoms with Gasteiger partial charge in [0.25, 0.3) is 0 Å². The largest absolute Gasteiger partial charge is 0.481 e. The Morgan fingerprint density at radius 2 is 1.74 bits per heavy atom. The van der Waals surface area contributed by atoms with Crippen LogP contribution in [0, 0.1) is 11.3 Å². The topological polar surface area (TPSA) is 92.4 Å². The lowest BCUT2D eigenvalue weighted by molar-refractivity contribution is -0.141. The summed E-state index contributed by atoms with van der Waals surface area (Å²) < 4.78 is 0. The van der Waals surface area contributed by atoms with E-state index in [9.17, 15) is 9.59 Å². The lowest BCUT2D eigenvalue weighted by Gasteiger charge is -2.27. The molecular weight excluding hydrogens is 244 g/mol. The highest BCUT2D eigenvalue weighted by atomic mass is 16.4. The quantitative estimate of drug-likeness (QED) is 0.658. The molecule has 0 radical (unpaired) electrons. The fourth-order valence-electron chi connectivity index (χ4n) is 1.65. The molecule has 112 valence electrons. The Bertz CT molecular complexity index is 310. The number of carbonyl (C=O) groups excluding carboxylic acids is 1. The van der Waals surface area contributed by atoms with E-state index in [0.29, 0.717) is 6.42 Å². The second kappa shape index (κ2) is 7.48. The molecule has 1 amide bonds. The second-order valence-electron chi connectivity index (χ2n) is 6.42. The molecule has 0 aliphatic carbocycles. The number of amides is 1. The predicted molar refractivity (Wildman–Crippen MR) is 75.7 cm³/mol. The number of carboxylic acids is 1. The SMILES string of the molecule is CC(CCCC(C)C(=O)O)NC(=O)C(N)C(C)(C)C. The fraction of sp³-hybridized carbons (Fsp3) is 0.857. The molecule has 3 atom stereocenters. The molecule has 5 nitrogen and oxygen atoms in total. The van der Waals surface area contributed by atoms with Crippen LogP contribution in [0.2, 0.25) is 0 Å². The Hall–Kier alpha value is -1.10. The van der Waals surface area contributed by atoms with Gasteiger partial charge in [-0.2, -0.15) is 0 Å². The van der Waals surface area contributed by atoms with Gasteiger partial charge in [-0.15, -0.1) is 0 Å². The summed E-state index contributed by atoms with van der Waals surface area (Å²) in [5, 5.41) is 11.6. The number of hydrogen-bond acceptors (Lipinski definition) is 3. The summed E-state index contributed by atoms with van der Waals surface area (Å²) in [5.74, 6) is -1.25.